The van der Waals surface area contributed by atoms with Crippen molar-refractivity contribution in [2.75, 3.05) is 13.2 Å². The Morgan fingerprint density at radius 2 is 1.88 bits per heavy atom. The Kier molecular flexibility index (Phi) is 4.05. The summed E-state index contributed by atoms with van der Waals surface area (Å²) in [5.41, 5.74) is 3.51. The van der Waals surface area contributed by atoms with E-state index in [1.165, 1.54) is 10.9 Å². The number of benzene rings is 2. The molecule has 4 rings (SSSR count). The molecule has 122 valence electrons. The Morgan fingerprint density at radius 3 is 2.75 bits per heavy atom. The monoisotopic (exact) mass is 320 g/mol. The van der Waals surface area contributed by atoms with Crippen molar-refractivity contribution in [1.82, 2.24) is 9.88 Å². The number of aromatic nitrogens is 1. The zero-order chi connectivity index (χ0) is 16.4. The molecule has 0 radical (unpaired) electrons. The molecule has 0 aliphatic carbocycles. The first-order chi connectivity index (χ1) is 11.8. The van der Waals surface area contributed by atoms with Crippen LogP contribution in [-0.4, -0.2) is 35.0 Å². The predicted octanol–water partition coefficient (Wildman–Crippen LogP) is 3.14. The van der Waals surface area contributed by atoms with E-state index in [1.807, 2.05) is 41.4 Å². The fourth-order valence-corrected chi connectivity index (χ4v) is 3.38. The second-order valence-electron chi connectivity index (χ2n) is 6.24. The van der Waals surface area contributed by atoms with E-state index >= 15 is 0 Å². The predicted molar refractivity (Wildman–Crippen MR) is 93.6 cm³/mol. The number of para-hydroxylation sites is 1. The summed E-state index contributed by atoms with van der Waals surface area (Å²) in [7, 11) is 0. The van der Waals surface area contributed by atoms with Crippen molar-refractivity contribution in [2.24, 2.45) is 0 Å². The number of fused-ring (bicyclic) bond motifs is 1. The molecule has 2 heterocycles. The molecule has 1 aliphatic heterocycles. The molecule has 24 heavy (non-hydrogen) atoms. The number of H-pyrrole nitrogens is 1. The van der Waals surface area contributed by atoms with Crippen LogP contribution in [0.2, 0.25) is 0 Å². The van der Waals surface area contributed by atoms with Crippen molar-refractivity contribution < 1.29 is 9.53 Å². The molecule has 1 atom stereocenters. The Labute approximate surface area is 141 Å². The van der Waals surface area contributed by atoms with Crippen LogP contribution in [0, 0.1) is 0 Å². The third kappa shape index (κ3) is 2.93. The maximum absolute atomic E-state index is 12.4. The molecule has 1 saturated heterocycles. The van der Waals surface area contributed by atoms with Gasteiger partial charge < -0.3 is 14.6 Å². The molecular formula is C20H20N2O2. The fraction of sp³-hybridized carbons (Fsp3) is 0.250. The Morgan fingerprint density at radius 1 is 1.08 bits per heavy atom. The molecule has 4 heteroatoms. The lowest BCUT2D eigenvalue weighted by molar-refractivity contribution is -0.148. The molecule has 0 spiro atoms. The molecule has 1 aliphatic rings. The first-order valence-corrected chi connectivity index (χ1v) is 8.27. The van der Waals surface area contributed by atoms with Crippen LogP contribution in [0.5, 0.6) is 0 Å². The number of carbonyl (C=O) groups is 1. The average molecular weight is 320 g/mol. The lowest BCUT2D eigenvalue weighted by Gasteiger charge is -2.35. The van der Waals surface area contributed by atoms with E-state index < -0.39 is 0 Å². The van der Waals surface area contributed by atoms with Gasteiger partial charge in [0.05, 0.1) is 12.6 Å². The Hall–Kier alpha value is -2.59. The normalized spacial score (nSPS) is 18.2. The van der Waals surface area contributed by atoms with Crippen molar-refractivity contribution in [2.45, 2.75) is 19.0 Å². The minimum absolute atomic E-state index is 0.0608. The highest BCUT2D eigenvalue weighted by molar-refractivity contribution is 5.83. The highest BCUT2D eigenvalue weighted by Gasteiger charge is 2.29. The van der Waals surface area contributed by atoms with E-state index in [0.717, 1.165) is 17.5 Å². The van der Waals surface area contributed by atoms with Gasteiger partial charge in [0.25, 0.3) is 0 Å². The summed E-state index contributed by atoms with van der Waals surface area (Å²) < 4.78 is 5.52. The Bertz CT molecular complexity index is 841. The smallest absolute Gasteiger partial charge is 0.249 e. The molecular weight excluding hydrogens is 300 g/mol. The third-order valence-electron chi connectivity index (χ3n) is 4.62. The molecule has 1 N–H and O–H groups in total. The lowest BCUT2D eigenvalue weighted by atomic mass is 10.0. The van der Waals surface area contributed by atoms with Gasteiger partial charge in [0.1, 0.15) is 6.61 Å². The van der Waals surface area contributed by atoms with Gasteiger partial charge in [0.2, 0.25) is 5.91 Å². The van der Waals surface area contributed by atoms with Crippen molar-refractivity contribution in [3.05, 3.63) is 71.9 Å². The number of ether oxygens (including phenoxy) is 1. The van der Waals surface area contributed by atoms with Crippen LogP contribution in [0.15, 0.2) is 60.8 Å². The number of nitrogens with zero attached hydrogens (tertiary/aromatic N) is 1. The van der Waals surface area contributed by atoms with Gasteiger partial charge in [-0.25, -0.2) is 0 Å². The zero-order valence-electron chi connectivity index (χ0n) is 13.4. The molecule has 4 nitrogen and oxygen atoms in total. The van der Waals surface area contributed by atoms with E-state index in [2.05, 4.69) is 29.2 Å². The second kappa shape index (κ2) is 6.49. The zero-order valence-corrected chi connectivity index (χ0v) is 13.4. The summed E-state index contributed by atoms with van der Waals surface area (Å²) >= 11 is 0. The van der Waals surface area contributed by atoms with Gasteiger partial charge in [0.15, 0.2) is 0 Å². The van der Waals surface area contributed by atoms with E-state index in [1.54, 1.807) is 0 Å². The largest absolute Gasteiger partial charge is 0.369 e. The second-order valence-corrected chi connectivity index (χ2v) is 6.24. The van der Waals surface area contributed by atoms with Crippen molar-refractivity contribution in [3.63, 3.8) is 0 Å². The van der Waals surface area contributed by atoms with Crippen LogP contribution in [0.1, 0.15) is 11.1 Å². The molecule has 1 amide bonds. The number of amides is 1. The first-order valence-electron chi connectivity index (χ1n) is 8.27. The van der Waals surface area contributed by atoms with Gasteiger partial charge in [-0.15, -0.1) is 0 Å². The molecule has 1 unspecified atom stereocenters. The van der Waals surface area contributed by atoms with E-state index in [4.69, 9.17) is 4.74 Å². The van der Waals surface area contributed by atoms with Crippen LogP contribution in [0.3, 0.4) is 0 Å². The summed E-state index contributed by atoms with van der Waals surface area (Å²) in [5, 5.41) is 1.22. The number of hydrogen-bond donors (Lipinski definition) is 1. The topological polar surface area (TPSA) is 45.3 Å². The van der Waals surface area contributed by atoms with Gasteiger partial charge in [-0.05, 0) is 23.6 Å². The van der Waals surface area contributed by atoms with Crippen molar-refractivity contribution >= 4 is 16.8 Å². The van der Waals surface area contributed by atoms with Crippen LogP contribution < -0.4 is 0 Å². The van der Waals surface area contributed by atoms with Crippen LogP contribution in [0.25, 0.3) is 10.9 Å². The van der Waals surface area contributed by atoms with Crippen LogP contribution in [0.4, 0.5) is 0 Å². The van der Waals surface area contributed by atoms with E-state index in [-0.39, 0.29) is 18.6 Å². The molecule has 3 aromatic rings. The third-order valence-corrected chi connectivity index (χ3v) is 4.62. The SMILES string of the molecule is O=C1COCC(Cc2c[nH]c3ccccc23)N1Cc1ccccc1. The quantitative estimate of drug-likeness (QED) is 0.803. The summed E-state index contributed by atoms with van der Waals surface area (Å²) in [6.07, 6.45) is 2.84. The van der Waals surface area contributed by atoms with E-state index in [0.29, 0.717) is 13.2 Å². The number of morpholine rings is 1. The summed E-state index contributed by atoms with van der Waals surface area (Å²) in [4.78, 5) is 17.7. The summed E-state index contributed by atoms with van der Waals surface area (Å²) in [5.74, 6) is 0.0648. The maximum atomic E-state index is 12.4. The van der Waals surface area contributed by atoms with Crippen LogP contribution >= 0.6 is 0 Å². The maximum Gasteiger partial charge on any atom is 0.249 e. The minimum atomic E-state index is 0.0608. The number of rotatable bonds is 4. The highest BCUT2D eigenvalue weighted by Crippen LogP contribution is 2.23. The standard InChI is InChI=1S/C20H20N2O2/c23-20-14-24-13-17(22(20)12-15-6-2-1-3-7-15)10-16-11-21-19-9-5-4-8-18(16)19/h1-9,11,17,21H,10,12-14H2. The molecule has 2 aromatic carbocycles. The summed E-state index contributed by atoms with van der Waals surface area (Å²) in [6.45, 7) is 1.39. The van der Waals surface area contributed by atoms with Gasteiger partial charge in [0, 0.05) is 23.6 Å². The molecule has 1 aromatic heterocycles. The molecule has 1 fully saturated rings. The van der Waals surface area contributed by atoms with Gasteiger partial charge >= 0.3 is 0 Å². The van der Waals surface area contributed by atoms with Crippen molar-refractivity contribution in [1.29, 1.82) is 0 Å². The summed E-state index contributed by atoms with van der Waals surface area (Å²) in [6, 6.07) is 18.5. The average Bonchev–Trinajstić information content (AvgIpc) is 3.02. The number of carbonyl (C=O) groups excluding carboxylic acids is 1. The van der Waals surface area contributed by atoms with E-state index in [9.17, 15) is 4.79 Å². The van der Waals surface area contributed by atoms with Gasteiger partial charge in [-0.3, -0.25) is 4.79 Å². The highest BCUT2D eigenvalue weighted by atomic mass is 16.5. The number of nitrogens with one attached hydrogen (secondary N) is 1. The van der Waals surface area contributed by atoms with Gasteiger partial charge in [-0.1, -0.05) is 48.5 Å². The van der Waals surface area contributed by atoms with Crippen molar-refractivity contribution in [3.8, 4) is 0 Å². The fourth-order valence-electron chi connectivity index (χ4n) is 3.38. The first kappa shape index (κ1) is 15.0. The molecule has 0 bridgehead atoms. The number of aromatic amines is 1. The van der Waals surface area contributed by atoms with Gasteiger partial charge in [-0.2, -0.15) is 0 Å². The minimum Gasteiger partial charge on any atom is -0.369 e. The molecule has 0 saturated carbocycles. The van der Waals surface area contributed by atoms with Crippen LogP contribution in [-0.2, 0) is 22.5 Å². The lowest BCUT2D eigenvalue weighted by Crippen LogP contribution is -2.49. The number of hydrogen-bond acceptors (Lipinski definition) is 2. The Balaban J connectivity index is 1.58.